The molecule has 0 fully saturated rings. The summed E-state index contributed by atoms with van der Waals surface area (Å²) < 4.78 is 11.5. The summed E-state index contributed by atoms with van der Waals surface area (Å²) in [7, 11) is 1.62. The minimum absolute atomic E-state index is 0.313. The molecule has 0 atom stereocenters. The van der Waals surface area contributed by atoms with Gasteiger partial charge >= 0.3 is 0 Å². The lowest BCUT2D eigenvalue weighted by Gasteiger charge is -2.09. The highest BCUT2D eigenvalue weighted by atomic mass is 127. The molecular formula is C10H13IO2. The molecule has 0 spiro atoms. The van der Waals surface area contributed by atoms with Gasteiger partial charge in [-0.1, -0.05) is 6.92 Å². The van der Waals surface area contributed by atoms with Crippen LogP contribution in [0.15, 0.2) is 18.2 Å². The summed E-state index contributed by atoms with van der Waals surface area (Å²) in [4.78, 5) is 0. The summed E-state index contributed by atoms with van der Waals surface area (Å²) in [5.41, 5.74) is 1.23. The quantitative estimate of drug-likeness (QED) is 0.627. The summed E-state index contributed by atoms with van der Waals surface area (Å²) in [5, 5.41) is 0. The molecule has 0 aliphatic rings. The zero-order valence-electron chi connectivity index (χ0n) is 7.84. The van der Waals surface area contributed by atoms with E-state index in [1.165, 1.54) is 9.13 Å². The highest BCUT2D eigenvalue weighted by Crippen LogP contribution is 2.21. The molecule has 13 heavy (non-hydrogen) atoms. The predicted octanol–water partition coefficient (Wildman–Crippen LogP) is 2.84. The molecule has 2 nitrogen and oxygen atoms in total. The summed E-state index contributed by atoms with van der Waals surface area (Å²) in [6.45, 7) is 2.43. The maximum Gasteiger partial charge on any atom is 0.188 e. The summed E-state index contributed by atoms with van der Waals surface area (Å²) in [5.74, 6) is 0.921. The van der Waals surface area contributed by atoms with E-state index < -0.39 is 0 Å². The number of aryl methyl sites for hydroxylation is 1. The van der Waals surface area contributed by atoms with Crippen LogP contribution in [0, 0.1) is 3.57 Å². The van der Waals surface area contributed by atoms with Crippen LogP contribution < -0.4 is 4.74 Å². The zero-order valence-corrected chi connectivity index (χ0v) is 10.00. The van der Waals surface area contributed by atoms with Crippen LogP contribution in [0.3, 0.4) is 0 Å². The Morgan fingerprint density at radius 1 is 1.38 bits per heavy atom. The molecule has 0 aromatic heterocycles. The number of halogens is 1. The van der Waals surface area contributed by atoms with Gasteiger partial charge in [-0.05, 0) is 52.8 Å². The topological polar surface area (TPSA) is 18.5 Å². The van der Waals surface area contributed by atoms with Crippen molar-refractivity contribution < 1.29 is 9.47 Å². The van der Waals surface area contributed by atoms with Crippen LogP contribution in [0.5, 0.6) is 5.75 Å². The Hall–Kier alpha value is -0.290. The molecule has 0 radical (unpaired) electrons. The van der Waals surface area contributed by atoms with Crippen LogP contribution in [0.4, 0.5) is 0 Å². The van der Waals surface area contributed by atoms with Gasteiger partial charge < -0.3 is 9.47 Å². The monoisotopic (exact) mass is 292 g/mol. The third kappa shape index (κ3) is 3.15. The second-order valence-corrected chi connectivity index (χ2v) is 3.90. The Morgan fingerprint density at radius 3 is 2.77 bits per heavy atom. The molecule has 72 valence electrons. The first-order valence-electron chi connectivity index (χ1n) is 4.18. The van der Waals surface area contributed by atoms with Gasteiger partial charge in [0, 0.05) is 10.7 Å². The number of ether oxygens (including phenoxy) is 2. The van der Waals surface area contributed by atoms with Gasteiger partial charge in [0.2, 0.25) is 0 Å². The highest BCUT2D eigenvalue weighted by molar-refractivity contribution is 14.1. The molecule has 0 unspecified atom stereocenters. The molecule has 0 aliphatic carbocycles. The summed E-state index contributed by atoms with van der Waals surface area (Å²) >= 11 is 2.30. The van der Waals surface area contributed by atoms with Crippen molar-refractivity contribution >= 4 is 22.6 Å². The van der Waals surface area contributed by atoms with E-state index in [9.17, 15) is 0 Å². The van der Waals surface area contributed by atoms with Gasteiger partial charge in [0.15, 0.2) is 6.79 Å². The van der Waals surface area contributed by atoms with Crippen molar-refractivity contribution in [3.63, 3.8) is 0 Å². The largest absolute Gasteiger partial charge is 0.467 e. The van der Waals surface area contributed by atoms with E-state index in [0.29, 0.717) is 6.79 Å². The van der Waals surface area contributed by atoms with E-state index in [2.05, 4.69) is 35.6 Å². The first-order chi connectivity index (χ1) is 6.27. The third-order valence-corrected chi connectivity index (χ3v) is 2.41. The van der Waals surface area contributed by atoms with Crippen LogP contribution >= 0.6 is 22.6 Å². The fraction of sp³-hybridized carbons (Fsp3) is 0.400. The van der Waals surface area contributed by atoms with Crippen molar-refractivity contribution in [2.24, 2.45) is 0 Å². The smallest absolute Gasteiger partial charge is 0.188 e. The Bertz CT molecular complexity index is 274. The van der Waals surface area contributed by atoms with Crippen LogP contribution in [0.2, 0.25) is 0 Å². The van der Waals surface area contributed by atoms with Crippen LogP contribution in [-0.2, 0) is 11.2 Å². The molecule has 3 heteroatoms. The van der Waals surface area contributed by atoms with Gasteiger partial charge in [-0.25, -0.2) is 0 Å². The Labute approximate surface area is 92.4 Å². The molecule has 0 heterocycles. The third-order valence-electron chi connectivity index (χ3n) is 1.74. The van der Waals surface area contributed by atoms with Gasteiger partial charge in [-0.15, -0.1) is 0 Å². The number of benzene rings is 1. The van der Waals surface area contributed by atoms with Gasteiger partial charge in [0.25, 0.3) is 0 Å². The zero-order chi connectivity index (χ0) is 9.68. The average molecular weight is 292 g/mol. The molecule has 0 amide bonds. The predicted molar refractivity (Wildman–Crippen MR) is 61.0 cm³/mol. The highest BCUT2D eigenvalue weighted by Gasteiger charge is 2.01. The van der Waals surface area contributed by atoms with Crippen molar-refractivity contribution in [3.8, 4) is 5.75 Å². The molecular weight excluding hydrogens is 279 g/mol. The molecule has 0 saturated carbocycles. The van der Waals surface area contributed by atoms with Crippen molar-refractivity contribution in [1.82, 2.24) is 0 Å². The first kappa shape index (κ1) is 10.8. The molecule has 1 rings (SSSR count). The van der Waals surface area contributed by atoms with Gasteiger partial charge in [0.1, 0.15) is 5.75 Å². The second kappa shape index (κ2) is 5.44. The van der Waals surface area contributed by atoms with E-state index in [4.69, 9.17) is 9.47 Å². The number of hydrogen-bond donors (Lipinski definition) is 0. The van der Waals surface area contributed by atoms with Crippen molar-refractivity contribution in [3.05, 3.63) is 27.3 Å². The van der Waals surface area contributed by atoms with E-state index in [1.54, 1.807) is 7.11 Å². The lowest BCUT2D eigenvalue weighted by molar-refractivity contribution is 0.0504. The van der Waals surface area contributed by atoms with E-state index in [0.717, 1.165) is 12.2 Å². The Kier molecular flexibility index (Phi) is 4.52. The lowest BCUT2D eigenvalue weighted by Crippen LogP contribution is -2.01. The summed E-state index contributed by atoms with van der Waals surface area (Å²) in [6, 6.07) is 6.15. The number of methoxy groups -OCH3 is 1. The fourth-order valence-electron chi connectivity index (χ4n) is 1.09. The van der Waals surface area contributed by atoms with E-state index in [1.807, 2.05) is 12.1 Å². The summed E-state index contributed by atoms with van der Waals surface area (Å²) in [6.07, 6.45) is 0.982. The van der Waals surface area contributed by atoms with Gasteiger partial charge in [0.05, 0.1) is 0 Å². The van der Waals surface area contributed by atoms with Gasteiger partial charge in [-0.2, -0.15) is 0 Å². The Balaban J connectivity index is 2.79. The minimum atomic E-state index is 0.313. The number of rotatable bonds is 4. The fourth-order valence-corrected chi connectivity index (χ4v) is 1.64. The lowest BCUT2D eigenvalue weighted by atomic mass is 10.1. The van der Waals surface area contributed by atoms with E-state index >= 15 is 0 Å². The minimum Gasteiger partial charge on any atom is -0.467 e. The van der Waals surface area contributed by atoms with Crippen molar-refractivity contribution in [2.75, 3.05) is 13.9 Å². The van der Waals surface area contributed by atoms with Crippen LogP contribution in [-0.4, -0.2) is 13.9 Å². The normalized spacial score (nSPS) is 10.1. The standard InChI is InChI=1S/C10H13IO2/c1-3-8-6-9(11)4-5-10(8)13-7-12-2/h4-6H,3,7H2,1-2H3. The average Bonchev–Trinajstić information content (AvgIpc) is 2.16. The molecule has 1 aromatic carbocycles. The van der Waals surface area contributed by atoms with Crippen LogP contribution in [0.25, 0.3) is 0 Å². The maximum atomic E-state index is 5.41. The van der Waals surface area contributed by atoms with Gasteiger partial charge in [-0.3, -0.25) is 0 Å². The number of hydrogen-bond acceptors (Lipinski definition) is 2. The molecule has 1 aromatic rings. The van der Waals surface area contributed by atoms with Crippen molar-refractivity contribution in [1.29, 1.82) is 0 Å². The molecule has 0 aliphatic heterocycles. The Morgan fingerprint density at radius 2 is 2.15 bits per heavy atom. The molecule has 0 saturated heterocycles. The second-order valence-electron chi connectivity index (χ2n) is 2.66. The first-order valence-corrected chi connectivity index (χ1v) is 5.26. The van der Waals surface area contributed by atoms with Crippen molar-refractivity contribution in [2.45, 2.75) is 13.3 Å². The molecule has 0 bridgehead atoms. The van der Waals surface area contributed by atoms with Crippen LogP contribution in [0.1, 0.15) is 12.5 Å². The molecule has 0 N–H and O–H groups in total. The maximum absolute atomic E-state index is 5.41. The van der Waals surface area contributed by atoms with E-state index in [-0.39, 0.29) is 0 Å². The SMILES string of the molecule is CCc1cc(I)ccc1OCOC.